The van der Waals surface area contributed by atoms with Crippen LogP contribution in [0.1, 0.15) is 13.8 Å². The number of nitrogens with one attached hydrogen (secondary N) is 2. The molecule has 8 nitrogen and oxygen atoms in total. The third-order valence-electron chi connectivity index (χ3n) is 2.79. The molecule has 0 saturated carbocycles. The summed E-state index contributed by atoms with van der Waals surface area (Å²) in [5.41, 5.74) is 3.76. The van der Waals surface area contributed by atoms with Crippen molar-refractivity contribution >= 4 is 23.4 Å². The summed E-state index contributed by atoms with van der Waals surface area (Å²) in [6.45, 7) is 3.03. The van der Waals surface area contributed by atoms with Gasteiger partial charge in [0.2, 0.25) is 11.9 Å². The minimum Gasteiger partial charge on any atom is -0.369 e. The molecule has 1 aliphatic rings. The van der Waals surface area contributed by atoms with E-state index >= 15 is 0 Å². The van der Waals surface area contributed by atoms with Gasteiger partial charge in [-0.05, 0) is 6.92 Å². The number of aromatic amines is 1. The van der Waals surface area contributed by atoms with Crippen molar-refractivity contribution in [1.29, 1.82) is 5.26 Å². The Labute approximate surface area is 102 Å². The summed E-state index contributed by atoms with van der Waals surface area (Å²) >= 11 is 0. The maximum atomic E-state index is 11.9. The number of hydrogen-bond acceptors (Lipinski definition) is 6. The number of aromatic nitrogens is 2. The van der Waals surface area contributed by atoms with Gasteiger partial charge >= 0.3 is 0 Å². The SMILES string of the molecule is CC(=O)N1c2c(nc(N)[nH]c2=O)NCC1(C)C#N. The Morgan fingerprint density at radius 1 is 1.67 bits per heavy atom. The number of carbonyl (C=O) groups excluding carboxylic acids is 1. The molecule has 0 aliphatic carbocycles. The van der Waals surface area contributed by atoms with Crippen molar-refractivity contribution in [2.75, 3.05) is 22.5 Å². The standard InChI is InChI=1S/C10H12N6O2/c1-5(17)16-6-7(13-4-10(16,2)3-11)14-9(12)15-8(6)18/h4H2,1-2H3,(H4,12,13,14,15,18). The van der Waals surface area contributed by atoms with Crippen molar-refractivity contribution in [1.82, 2.24) is 9.97 Å². The summed E-state index contributed by atoms with van der Waals surface area (Å²) in [6.07, 6.45) is 0. The molecule has 0 aromatic carbocycles. The highest BCUT2D eigenvalue weighted by molar-refractivity contribution is 5.97. The van der Waals surface area contributed by atoms with Crippen LogP contribution < -0.4 is 21.5 Å². The van der Waals surface area contributed by atoms with E-state index in [1.165, 1.54) is 6.92 Å². The molecule has 94 valence electrons. The average Bonchev–Trinajstić information content (AvgIpc) is 2.29. The average molecular weight is 248 g/mol. The Kier molecular flexibility index (Phi) is 2.47. The second kappa shape index (κ2) is 3.73. The molecule has 1 amide bonds. The van der Waals surface area contributed by atoms with E-state index in [-0.39, 0.29) is 24.0 Å². The summed E-state index contributed by atoms with van der Waals surface area (Å²) in [7, 11) is 0. The molecule has 1 aromatic heterocycles. The van der Waals surface area contributed by atoms with Gasteiger partial charge in [-0.2, -0.15) is 10.2 Å². The van der Waals surface area contributed by atoms with Crippen LogP contribution in [0.4, 0.5) is 17.5 Å². The minimum atomic E-state index is -1.14. The number of hydrogen-bond donors (Lipinski definition) is 3. The number of fused-ring (bicyclic) bond motifs is 1. The first-order chi connectivity index (χ1) is 8.39. The second-order valence-corrected chi connectivity index (χ2v) is 4.24. The van der Waals surface area contributed by atoms with Gasteiger partial charge in [-0.25, -0.2) is 0 Å². The smallest absolute Gasteiger partial charge is 0.278 e. The van der Waals surface area contributed by atoms with Crippen LogP contribution in [0, 0.1) is 11.3 Å². The molecule has 8 heteroatoms. The lowest BCUT2D eigenvalue weighted by Gasteiger charge is -2.39. The lowest BCUT2D eigenvalue weighted by Crippen LogP contribution is -2.57. The topological polar surface area (TPSA) is 128 Å². The molecular weight excluding hydrogens is 236 g/mol. The summed E-state index contributed by atoms with van der Waals surface area (Å²) in [5.74, 6) is -0.242. The minimum absolute atomic E-state index is 0.0204. The van der Waals surface area contributed by atoms with Crippen molar-refractivity contribution < 1.29 is 4.79 Å². The predicted octanol–water partition coefficient (Wildman–Crippen LogP) is -0.587. The number of H-pyrrole nitrogens is 1. The molecule has 4 N–H and O–H groups in total. The maximum Gasteiger partial charge on any atom is 0.278 e. The lowest BCUT2D eigenvalue weighted by atomic mass is 9.98. The van der Waals surface area contributed by atoms with Gasteiger partial charge in [0.1, 0.15) is 5.54 Å². The summed E-state index contributed by atoms with van der Waals surface area (Å²) in [4.78, 5) is 31.0. The fraction of sp³-hybridized carbons (Fsp3) is 0.400. The third-order valence-corrected chi connectivity index (χ3v) is 2.79. The Morgan fingerprint density at radius 2 is 2.33 bits per heavy atom. The van der Waals surface area contributed by atoms with E-state index in [4.69, 9.17) is 5.73 Å². The Hall–Kier alpha value is -2.56. The fourth-order valence-corrected chi connectivity index (χ4v) is 1.99. The van der Waals surface area contributed by atoms with Crippen molar-refractivity contribution in [2.24, 2.45) is 0 Å². The largest absolute Gasteiger partial charge is 0.369 e. The number of rotatable bonds is 0. The van der Waals surface area contributed by atoms with Gasteiger partial charge in [-0.1, -0.05) is 0 Å². The van der Waals surface area contributed by atoms with E-state index < -0.39 is 17.0 Å². The van der Waals surface area contributed by atoms with Gasteiger partial charge in [0, 0.05) is 6.92 Å². The monoisotopic (exact) mass is 248 g/mol. The van der Waals surface area contributed by atoms with Gasteiger partial charge in [0.05, 0.1) is 12.6 Å². The van der Waals surface area contributed by atoms with Crippen LogP contribution in [0.25, 0.3) is 0 Å². The number of amides is 1. The van der Waals surface area contributed by atoms with Crippen molar-refractivity contribution in [3.63, 3.8) is 0 Å². The molecule has 0 saturated heterocycles. The molecule has 1 aromatic rings. The van der Waals surface area contributed by atoms with E-state index in [0.717, 1.165) is 4.90 Å². The van der Waals surface area contributed by atoms with Crippen molar-refractivity contribution in [3.05, 3.63) is 10.4 Å². The van der Waals surface area contributed by atoms with Crippen LogP contribution in [-0.4, -0.2) is 28.0 Å². The van der Waals surface area contributed by atoms with Crippen molar-refractivity contribution in [2.45, 2.75) is 19.4 Å². The molecule has 18 heavy (non-hydrogen) atoms. The lowest BCUT2D eigenvalue weighted by molar-refractivity contribution is -0.117. The van der Waals surface area contributed by atoms with Crippen LogP contribution in [0.2, 0.25) is 0 Å². The quantitative estimate of drug-likeness (QED) is 0.563. The molecule has 2 heterocycles. The highest BCUT2D eigenvalue weighted by Gasteiger charge is 2.42. The first-order valence-corrected chi connectivity index (χ1v) is 5.25. The van der Waals surface area contributed by atoms with Gasteiger partial charge in [0.15, 0.2) is 11.5 Å². The summed E-state index contributed by atoms with van der Waals surface area (Å²) < 4.78 is 0. The molecular formula is C10H12N6O2. The number of nitriles is 1. The Balaban J connectivity index is 2.72. The number of carbonyl (C=O) groups is 1. The van der Waals surface area contributed by atoms with E-state index in [1.54, 1.807) is 6.92 Å². The normalized spacial score (nSPS) is 21.7. The summed E-state index contributed by atoms with van der Waals surface area (Å²) in [6, 6.07) is 2.03. The van der Waals surface area contributed by atoms with E-state index in [0.29, 0.717) is 0 Å². The summed E-state index contributed by atoms with van der Waals surface area (Å²) in [5, 5.41) is 12.0. The highest BCUT2D eigenvalue weighted by Crippen LogP contribution is 2.31. The van der Waals surface area contributed by atoms with Crippen LogP contribution in [-0.2, 0) is 4.79 Å². The number of anilines is 3. The molecule has 0 fully saturated rings. The second-order valence-electron chi connectivity index (χ2n) is 4.24. The van der Waals surface area contributed by atoms with Crippen molar-refractivity contribution in [3.8, 4) is 6.07 Å². The molecule has 1 atom stereocenters. The number of nitrogens with zero attached hydrogens (tertiary/aromatic N) is 3. The predicted molar refractivity (Wildman–Crippen MR) is 64.9 cm³/mol. The molecule has 0 radical (unpaired) electrons. The zero-order valence-electron chi connectivity index (χ0n) is 9.94. The number of nitrogens with two attached hydrogens (primary N) is 1. The first kappa shape index (κ1) is 11.9. The number of nitrogen functional groups attached to an aromatic ring is 1. The van der Waals surface area contributed by atoms with Gasteiger partial charge < -0.3 is 11.1 Å². The van der Waals surface area contributed by atoms with Crippen LogP contribution >= 0.6 is 0 Å². The molecule has 2 rings (SSSR count). The fourth-order valence-electron chi connectivity index (χ4n) is 1.99. The van der Waals surface area contributed by atoms with Crippen LogP contribution in [0.3, 0.4) is 0 Å². The molecule has 1 aliphatic heterocycles. The Bertz CT molecular complexity index is 616. The first-order valence-electron chi connectivity index (χ1n) is 5.25. The van der Waals surface area contributed by atoms with Crippen LogP contribution in [0.5, 0.6) is 0 Å². The van der Waals surface area contributed by atoms with Gasteiger partial charge in [-0.3, -0.25) is 19.5 Å². The van der Waals surface area contributed by atoms with E-state index in [9.17, 15) is 14.9 Å². The zero-order chi connectivity index (χ0) is 13.5. The maximum absolute atomic E-state index is 11.9. The molecule has 1 unspecified atom stereocenters. The van der Waals surface area contributed by atoms with E-state index in [2.05, 4.69) is 15.3 Å². The van der Waals surface area contributed by atoms with Gasteiger partial charge in [0.25, 0.3) is 5.56 Å². The van der Waals surface area contributed by atoms with E-state index in [1.807, 2.05) is 6.07 Å². The zero-order valence-corrected chi connectivity index (χ0v) is 9.94. The molecule has 0 spiro atoms. The third kappa shape index (κ3) is 1.57. The molecule has 0 bridgehead atoms. The van der Waals surface area contributed by atoms with Gasteiger partial charge in [-0.15, -0.1) is 0 Å². The highest BCUT2D eigenvalue weighted by atomic mass is 16.2. The Morgan fingerprint density at radius 3 is 2.89 bits per heavy atom. The van der Waals surface area contributed by atoms with Crippen LogP contribution in [0.15, 0.2) is 4.79 Å².